The zero-order valence-corrected chi connectivity index (χ0v) is 41.9. The van der Waals surface area contributed by atoms with E-state index in [-0.39, 0.29) is 24.9 Å². The summed E-state index contributed by atoms with van der Waals surface area (Å²) in [5.74, 6) is -6.46. The van der Waals surface area contributed by atoms with Crippen molar-refractivity contribution in [2.45, 2.75) is 190 Å². The van der Waals surface area contributed by atoms with Crippen LogP contribution < -0.4 is 0 Å². The molecule has 1 aliphatic heterocycles. The van der Waals surface area contributed by atoms with E-state index in [4.69, 9.17) is 42.6 Å². The van der Waals surface area contributed by atoms with Gasteiger partial charge in [0.15, 0.2) is 12.2 Å². The third-order valence-corrected chi connectivity index (χ3v) is 17.3. The number of aliphatic hydroxyl groups is 1. The summed E-state index contributed by atoms with van der Waals surface area (Å²) in [5.41, 5.74) is -3.61. The minimum atomic E-state index is -1.75. The van der Waals surface area contributed by atoms with Gasteiger partial charge in [-0.3, -0.25) is 38.4 Å². The van der Waals surface area contributed by atoms with Crippen molar-refractivity contribution in [1.82, 2.24) is 0 Å². The fourth-order valence-electron chi connectivity index (χ4n) is 14.1. The van der Waals surface area contributed by atoms with Gasteiger partial charge in [0.2, 0.25) is 12.4 Å². The number of carbonyl (C=O) groups excluding carboxylic acids is 8. The van der Waals surface area contributed by atoms with Crippen LogP contribution in [0.2, 0.25) is 0 Å². The van der Waals surface area contributed by atoms with Crippen molar-refractivity contribution >= 4 is 47.8 Å². The number of esters is 8. The highest BCUT2D eigenvalue weighted by atomic mass is 16.7. The Morgan fingerprint density at radius 3 is 1.76 bits per heavy atom. The van der Waals surface area contributed by atoms with Crippen LogP contribution in [-0.2, 0) is 81.0 Å². The van der Waals surface area contributed by atoms with Gasteiger partial charge in [0.25, 0.3) is 0 Å². The molecule has 5 aliphatic carbocycles. The molecule has 0 unspecified atom stereocenters. The zero-order chi connectivity index (χ0) is 50.7. The average Bonchev–Trinajstić information content (AvgIpc) is 3.21. The van der Waals surface area contributed by atoms with Crippen LogP contribution in [0.4, 0.5) is 0 Å². The van der Waals surface area contributed by atoms with E-state index in [1.807, 2.05) is 20.8 Å². The Hall–Kier alpha value is -4.58. The minimum absolute atomic E-state index is 0.0543. The standard InChI is InChI=1S/C50H72O18/c1-25(51)60-23-34-38(63-28(4)54)39(64-29(5)55)40(65-30(6)56)43(67-34)68-44(59)50-20-18-45(8,9)41(58)37(50)32-14-15-36-46(10)22-33(62-27(3)53)42(66-31(7)57)47(11,24-61-26(2)52)35(46)16-17-49(36,13)48(32,12)19-21-50/h14,33-43,58H,15-24H2,1-13H3/t33-,34-,35-,36-,37+,38-,39+,40-,41+,42+,43+,46+,47+,48-,49-,50+/m1/s1. The second kappa shape index (κ2) is 19.0. The Labute approximate surface area is 398 Å². The highest BCUT2D eigenvalue weighted by Crippen LogP contribution is 2.76. The molecule has 0 radical (unpaired) electrons. The third-order valence-electron chi connectivity index (χ3n) is 17.3. The Morgan fingerprint density at radius 2 is 1.19 bits per heavy atom. The summed E-state index contributed by atoms with van der Waals surface area (Å²) in [4.78, 5) is 103. The molecule has 380 valence electrons. The van der Waals surface area contributed by atoms with Gasteiger partial charge in [0.1, 0.15) is 31.5 Å². The molecule has 6 rings (SSSR count). The molecule has 6 aliphatic rings. The van der Waals surface area contributed by atoms with Gasteiger partial charge in [-0.1, -0.05) is 53.2 Å². The van der Waals surface area contributed by atoms with E-state index in [0.717, 1.165) is 33.3 Å². The van der Waals surface area contributed by atoms with Crippen molar-refractivity contribution < 1.29 is 86.1 Å². The largest absolute Gasteiger partial charge is 0.465 e. The van der Waals surface area contributed by atoms with E-state index in [2.05, 4.69) is 26.8 Å². The molecule has 68 heavy (non-hydrogen) atoms. The number of fused-ring (bicyclic) bond motifs is 7. The Balaban J connectivity index is 1.43. The van der Waals surface area contributed by atoms with Crippen LogP contribution in [0.3, 0.4) is 0 Å². The maximum absolute atomic E-state index is 15.4. The number of ether oxygens (including phenoxy) is 9. The lowest BCUT2D eigenvalue weighted by molar-refractivity contribution is -0.305. The number of carbonyl (C=O) groups is 8. The van der Waals surface area contributed by atoms with Gasteiger partial charge in [0.05, 0.1) is 11.5 Å². The topological polar surface area (TPSA) is 240 Å². The van der Waals surface area contributed by atoms with E-state index in [1.54, 1.807) is 0 Å². The first-order valence-electron chi connectivity index (χ1n) is 23.9. The normalized spacial score (nSPS) is 41.2. The van der Waals surface area contributed by atoms with E-state index >= 15 is 4.79 Å². The molecule has 0 bridgehead atoms. The zero-order valence-electron chi connectivity index (χ0n) is 41.9. The molecule has 18 nitrogen and oxygen atoms in total. The lowest BCUT2D eigenvalue weighted by Gasteiger charge is -2.72. The van der Waals surface area contributed by atoms with Crippen LogP contribution >= 0.6 is 0 Å². The Bertz CT molecular complexity index is 2080. The molecule has 1 heterocycles. The predicted molar refractivity (Wildman–Crippen MR) is 236 cm³/mol. The first kappa shape index (κ1) is 52.8. The van der Waals surface area contributed by atoms with Gasteiger partial charge in [-0.2, -0.15) is 0 Å². The lowest BCUT2D eigenvalue weighted by Crippen LogP contribution is -2.70. The van der Waals surface area contributed by atoms with Crippen LogP contribution in [-0.4, -0.2) is 115 Å². The predicted octanol–water partition coefficient (Wildman–Crippen LogP) is 5.40. The van der Waals surface area contributed by atoms with Crippen LogP contribution in [0.1, 0.15) is 141 Å². The fraction of sp³-hybridized carbons (Fsp3) is 0.800. The molecule has 4 saturated carbocycles. The number of aliphatic hydroxyl groups excluding tert-OH is 1. The quantitative estimate of drug-likeness (QED) is 0.155. The first-order valence-corrected chi connectivity index (χ1v) is 23.9. The molecule has 5 fully saturated rings. The lowest BCUT2D eigenvalue weighted by atomic mass is 9.33. The van der Waals surface area contributed by atoms with Crippen LogP contribution in [0.15, 0.2) is 11.6 Å². The molecule has 0 spiro atoms. The summed E-state index contributed by atoms with van der Waals surface area (Å²) >= 11 is 0. The Kier molecular flexibility index (Phi) is 14.7. The summed E-state index contributed by atoms with van der Waals surface area (Å²) < 4.78 is 52.4. The number of hydrogen-bond acceptors (Lipinski definition) is 18. The highest BCUT2D eigenvalue weighted by Gasteiger charge is 2.73. The molecule has 16 atom stereocenters. The van der Waals surface area contributed by atoms with E-state index in [9.17, 15) is 38.7 Å². The summed E-state index contributed by atoms with van der Waals surface area (Å²) in [7, 11) is 0. The molecular weight excluding hydrogens is 889 g/mol. The maximum atomic E-state index is 15.4. The summed E-state index contributed by atoms with van der Waals surface area (Å²) in [6.07, 6.45) is -4.54. The Morgan fingerprint density at radius 1 is 0.632 bits per heavy atom. The first-order chi connectivity index (χ1) is 31.5. The van der Waals surface area contributed by atoms with Crippen LogP contribution in [0.25, 0.3) is 0 Å². The van der Waals surface area contributed by atoms with E-state index in [0.29, 0.717) is 44.9 Å². The van der Waals surface area contributed by atoms with Gasteiger partial charge < -0.3 is 47.7 Å². The number of rotatable bonds is 11. The van der Waals surface area contributed by atoms with Gasteiger partial charge in [-0.15, -0.1) is 0 Å². The molecule has 18 heteroatoms. The third kappa shape index (κ3) is 9.28. The fourth-order valence-corrected chi connectivity index (χ4v) is 14.1. The van der Waals surface area contributed by atoms with Crippen molar-refractivity contribution in [2.24, 2.45) is 50.2 Å². The molecule has 1 saturated heterocycles. The highest BCUT2D eigenvalue weighted by molar-refractivity contribution is 5.79. The van der Waals surface area contributed by atoms with Crippen molar-refractivity contribution in [3.8, 4) is 0 Å². The number of allylic oxidation sites excluding steroid dienone is 1. The van der Waals surface area contributed by atoms with Crippen LogP contribution in [0, 0.1) is 50.2 Å². The van der Waals surface area contributed by atoms with Crippen molar-refractivity contribution in [2.75, 3.05) is 13.2 Å². The second-order valence-electron chi connectivity index (χ2n) is 22.0. The van der Waals surface area contributed by atoms with E-state index < -0.39 is 142 Å². The van der Waals surface area contributed by atoms with Crippen molar-refractivity contribution in [3.05, 3.63) is 11.6 Å². The summed E-state index contributed by atoms with van der Waals surface area (Å²) in [6.45, 7) is 20.4. The van der Waals surface area contributed by atoms with Gasteiger partial charge in [0, 0.05) is 59.8 Å². The van der Waals surface area contributed by atoms with Gasteiger partial charge in [-0.25, -0.2) is 0 Å². The molecule has 0 aromatic heterocycles. The second-order valence-corrected chi connectivity index (χ2v) is 22.0. The molecule has 1 N–H and O–H groups in total. The van der Waals surface area contributed by atoms with Gasteiger partial charge in [-0.05, 0) is 84.9 Å². The summed E-state index contributed by atoms with van der Waals surface area (Å²) in [5, 5.41) is 12.7. The maximum Gasteiger partial charge on any atom is 0.315 e. The van der Waals surface area contributed by atoms with Crippen molar-refractivity contribution in [1.29, 1.82) is 0 Å². The molecular formula is C50H72O18. The molecule has 0 aromatic rings. The number of hydrogen-bond donors (Lipinski definition) is 1. The smallest absolute Gasteiger partial charge is 0.315 e. The molecule has 0 aromatic carbocycles. The summed E-state index contributed by atoms with van der Waals surface area (Å²) in [6, 6.07) is 0. The SMILES string of the molecule is CC(=O)OC[C@H]1O[C@@H](OC(=O)[C@]23CCC(C)(C)[C@@H](O)[C@@H]2C2=CC[C@@H]4[C@@]5(C)C[C@@H](OC(C)=O)[C@H](OC(C)=O)[C@@](C)(COC(C)=O)[C@@H]5CC[C@@]4(C)[C@]2(C)CC3)[C@H](OC(C)=O)[C@@H](OC(C)=O)[C@@H]1OC(C)=O. The van der Waals surface area contributed by atoms with Gasteiger partial charge >= 0.3 is 47.8 Å². The molecule has 0 amide bonds. The minimum Gasteiger partial charge on any atom is -0.465 e. The van der Waals surface area contributed by atoms with E-state index in [1.165, 1.54) is 20.8 Å². The van der Waals surface area contributed by atoms with Crippen molar-refractivity contribution in [3.63, 3.8) is 0 Å². The van der Waals surface area contributed by atoms with Crippen LogP contribution in [0.5, 0.6) is 0 Å². The average molecular weight is 961 g/mol. The monoisotopic (exact) mass is 960 g/mol.